The molecule has 0 aliphatic carbocycles. The Balaban J connectivity index is 2.93. The quantitative estimate of drug-likeness (QED) is 0.728. The summed E-state index contributed by atoms with van der Waals surface area (Å²) in [6.07, 6.45) is 0. The molecule has 2 heteroatoms. The summed E-state index contributed by atoms with van der Waals surface area (Å²) in [6.45, 7) is 8.40. The van der Waals surface area contributed by atoms with Crippen LogP contribution in [0.25, 0.3) is 0 Å². The molecule has 0 aliphatic rings. The lowest BCUT2D eigenvalue weighted by Gasteiger charge is -2.19. The number of aryl methyl sites for hydroxylation is 1. The van der Waals surface area contributed by atoms with E-state index in [9.17, 15) is 4.79 Å². The summed E-state index contributed by atoms with van der Waals surface area (Å²) in [5, 5.41) is 0. The maximum Gasteiger partial charge on any atom is 0.313 e. The number of esters is 1. The third-order valence-electron chi connectivity index (χ3n) is 2.64. The van der Waals surface area contributed by atoms with Crippen LogP contribution in [0.1, 0.15) is 37.8 Å². The predicted octanol–water partition coefficient (Wildman–Crippen LogP) is 3.30. The summed E-state index contributed by atoms with van der Waals surface area (Å²) >= 11 is 0. The SMILES string of the molecule is CCOC(=O)C(c1ccc(C)cc1)C(C)C. The lowest BCUT2D eigenvalue weighted by atomic mass is 9.88. The fourth-order valence-corrected chi connectivity index (χ4v) is 1.80. The summed E-state index contributed by atoms with van der Waals surface area (Å²) in [5.41, 5.74) is 2.24. The van der Waals surface area contributed by atoms with Crippen molar-refractivity contribution in [1.29, 1.82) is 0 Å². The standard InChI is InChI=1S/C14H20O2/c1-5-16-14(15)13(10(2)3)12-8-6-11(4)7-9-12/h6-10,13H,5H2,1-4H3. The Morgan fingerprint density at radius 1 is 1.25 bits per heavy atom. The Kier molecular flexibility index (Phi) is 4.53. The van der Waals surface area contributed by atoms with E-state index in [1.165, 1.54) is 5.56 Å². The van der Waals surface area contributed by atoms with E-state index in [0.717, 1.165) is 5.56 Å². The van der Waals surface area contributed by atoms with Gasteiger partial charge in [-0.2, -0.15) is 0 Å². The number of benzene rings is 1. The van der Waals surface area contributed by atoms with Crippen LogP contribution in [-0.4, -0.2) is 12.6 Å². The zero-order valence-electron chi connectivity index (χ0n) is 10.5. The van der Waals surface area contributed by atoms with E-state index in [2.05, 4.69) is 0 Å². The van der Waals surface area contributed by atoms with Crippen LogP contribution in [0.3, 0.4) is 0 Å². The summed E-state index contributed by atoms with van der Waals surface area (Å²) in [7, 11) is 0. The summed E-state index contributed by atoms with van der Waals surface area (Å²) in [6, 6.07) is 8.09. The molecular formula is C14H20O2. The molecule has 0 aromatic heterocycles. The molecule has 1 rings (SSSR count). The van der Waals surface area contributed by atoms with Crippen LogP contribution in [-0.2, 0) is 9.53 Å². The second-order valence-corrected chi connectivity index (χ2v) is 4.38. The van der Waals surface area contributed by atoms with Gasteiger partial charge in [0.2, 0.25) is 0 Å². The first-order valence-corrected chi connectivity index (χ1v) is 5.79. The molecule has 1 aromatic carbocycles. The molecule has 1 atom stereocenters. The molecule has 0 N–H and O–H groups in total. The summed E-state index contributed by atoms with van der Waals surface area (Å²) in [5.74, 6) is -0.0244. The Morgan fingerprint density at radius 2 is 1.81 bits per heavy atom. The van der Waals surface area contributed by atoms with Gasteiger partial charge in [-0.25, -0.2) is 0 Å². The summed E-state index contributed by atoms with van der Waals surface area (Å²) in [4.78, 5) is 11.8. The molecule has 1 aromatic rings. The third kappa shape index (κ3) is 3.09. The monoisotopic (exact) mass is 220 g/mol. The van der Waals surface area contributed by atoms with Gasteiger partial charge >= 0.3 is 5.97 Å². The van der Waals surface area contributed by atoms with Crippen molar-refractivity contribution in [1.82, 2.24) is 0 Å². The van der Waals surface area contributed by atoms with Gasteiger partial charge in [-0.05, 0) is 25.3 Å². The average molecular weight is 220 g/mol. The zero-order chi connectivity index (χ0) is 12.1. The highest BCUT2D eigenvalue weighted by atomic mass is 16.5. The van der Waals surface area contributed by atoms with Gasteiger partial charge in [0.05, 0.1) is 12.5 Å². The van der Waals surface area contributed by atoms with E-state index in [4.69, 9.17) is 4.74 Å². The molecule has 0 amide bonds. The fourth-order valence-electron chi connectivity index (χ4n) is 1.80. The molecule has 0 saturated heterocycles. The average Bonchev–Trinajstić information content (AvgIpc) is 2.21. The van der Waals surface area contributed by atoms with Crippen molar-refractivity contribution in [2.24, 2.45) is 5.92 Å². The minimum absolute atomic E-state index is 0.124. The van der Waals surface area contributed by atoms with Gasteiger partial charge in [0.1, 0.15) is 0 Å². The predicted molar refractivity (Wildman–Crippen MR) is 65.4 cm³/mol. The Hall–Kier alpha value is -1.31. The second-order valence-electron chi connectivity index (χ2n) is 4.38. The minimum Gasteiger partial charge on any atom is -0.466 e. The van der Waals surface area contributed by atoms with Crippen molar-refractivity contribution in [2.45, 2.75) is 33.6 Å². The molecule has 2 nitrogen and oxygen atoms in total. The van der Waals surface area contributed by atoms with Crippen LogP contribution in [0.4, 0.5) is 0 Å². The van der Waals surface area contributed by atoms with Crippen LogP contribution < -0.4 is 0 Å². The van der Waals surface area contributed by atoms with E-state index in [1.54, 1.807) is 0 Å². The summed E-state index contributed by atoms with van der Waals surface area (Å²) < 4.78 is 5.11. The molecule has 88 valence electrons. The molecule has 0 radical (unpaired) electrons. The van der Waals surface area contributed by atoms with E-state index >= 15 is 0 Å². The largest absolute Gasteiger partial charge is 0.466 e. The van der Waals surface area contributed by atoms with Gasteiger partial charge < -0.3 is 4.74 Å². The molecule has 0 heterocycles. The molecule has 16 heavy (non-hydrogen) atoms. The van der Waals surface area contributed by atoms with Gasteiger partial charge in [0.15, 0.2) is 0 Å². The molecule has 0 saturated carbocycles. The number of rotatable bonds is 4. The minimum atomic E-state index is -0.152. The van der Waals surface area contributed by atoms with Crippen molar-refractivity contribution < 1.29 is 9.53 Å². The van der Waals surface area contributed by atoms with Gasteiger partial charge in [0.25, 0.3) is 0 Å². The van der Waals surface area contributed by atoms with Gasteiger partial charge in [-0.3, -0.25) is 4.79 Å². The Bertz CT molecular complexity index is 338. The van der Waals surface area contributed by atoms with Gasteiger partial charge in [0, 0.05) is 0 Å². The number of carbonyl (C=O) groups is 1. The van der Waals surface area contributed by atoms with E-state index < -0.39 is 0 Å². The molecule has 1 unspecified atom stereocenters. The van der Waals surface area contributed by atoms with Crippen LogP contribution >= 0.6 is 0 Å². The van der Waals surface area contributed by atoms with Crippen molar-refractivity contribution in [3.63, 3.8) is 0 Å². The maximum atomic E-state index is 11.8. The van der Waals surface area contributed by atoms with Crippen LogP contribution in [0.2, 0.25) is 0 Å². The molecule has 0 aliphatic heterocycles. The zero-order valence-corrected chi connectivity index (χ0v) is 10.5. The highest BCUT2D eigenvalue weighted by Gasteiger charge is 2.25. The fraction of sp³-hybridized carbons (Fsp3) is 0.500. The first-order chi connectivity index (χ1) is 7.56. The number of carbonyl (C=O) groups excluding carboxylic acids is 1. The Labute approximate surface area is 97.6 Å². The first-order valence-electron chi connectivity index (χ1n) is 5.79. The van der Waals surface area contributed by atoms with Crippen molar-refractivity contribution in [3.05, 3.63) is 35.4 Å². The van der Waals surface area contributed by atoms with Crippen molar-refractivity contribution in [3.8, 4) is 0 Å². The van der Waals surface area contributed by atoms with Crippen molar-refractivity contribution in [2.75, 3.05) is 6.61 Å². The Morgan fingerprint density at radius 3 is 2.25 bits per heavy atom. The number of hydrogen-bond donors (Lipinski definition) is 0. The maximum absolute atomic E-state index is 11.8. The van der Waals surface area contributed by atoms with Gasteiger partial charge in [-0.1, -0.05) is 43.7 Å². The van der Waals surface area contributed by atoms with Crippen LogP contribution in [0.15, 0.2) is 24.3 Å². The van der Waals surface area contributed by atoms with Crippen LogP contribution in [0, 0.1) is 12.8 Å². The molecule has 0 bridgehead atoms. The van der Waals surface area contributed by atoms with E-state index in [0.29, 0.717) is 6.61 Å². The second kappa shape index (κ2) is 5.69. The van der Waals surface area contributed by atoms with Gasteiger partial charge in [-0.15, -0.1) is 0 Å². The lowest BCUT2D eigenvalue weighted by Crippen LogP contribution is -2.20. The first kappa shape index (κ1) is 12.8. The lowest BCUT2D eigenvalue weighted by molar-refractivity contribution is -0.146. The van der Waals surface area contributed by atoms with E-state index in [-0.39, 0.29) is 17.8 Å². The number of ether oxygens (including phenoxy) is 1. The van der Waals surface area contributed by atoms with E-state index in [1.807, 2.05) is 52.0 Å². The highest BCUT2D eigenvalue weighted by Crippen LogP contribution is 2.26. The smallest absolute Gasteiger partial charge is 0.313 e. The third-order valence-corrected chi connectivity index (χ3v) is 2.64. The molecular weight excluding hydrogens is 200 g/mol. The molecule has 0 fully saturated rings. The highest BCUT2D eigenvalue weighted by molar-refractivity contribution is 5.78. The number of hydrogen-bond acceptors (Lipinski definition) is 2. The van der Waals surface area contributed by atoms with Crippen molar-refractivity contribution >= 4 is 5.97 Å². The molecule has 0 spiro atoms. The normalized spacial score (nSPS) is 12.6. The topological polar surface area (TPSA) is 26.3 Å². The van der Waals surface area contributed by atoms with Crippen LogP contribution in [0.5, 0.6) is 0 Å².